The first-order valence-electron chi connectivity index (χ1n) is 8.94. The molecule has 2 aliphatic rings. The Morgan fingerprint density at radius 1 is 1.33 bits per heavy atom. The molecule has 0 unspecified atom stereocenters. The first-order valence-corrected chi connectivity index (χ1v) is 8.94. The molecule has 5 heteroatoms. The minimum atomic E-state index is -0.208. The van der Waals surface area contributed by atoms with Crippen LogP contribution in [0, 0.1) is 17.7 Å². The molecule has 3 rings (SSSR count). The molecule has 0 bridgehead atoms. The van der Waals surface area contributed by atoms with Crippen molar-refractivity contribution in [2.75, 3.05) is 33.3 Å². The van der Waals surface area contributed by atoms with Gasteiger partial charge in [-0.3, -0.25) is 4.79 Å². The molecule has 2 heterocycles. The van der Waals surface area contributed by atoms with Crippen molar-refractivity contribution in [2.45, 2.75) is 31.8 Å². The predicted octanol–water partition coefficient (Wildman–Crippen LogP) is 2.23. The molecule has 2 atom stereocenters. The van der Waals surface area contributed by atoms with Crippen molar-refractivity contribution < 1.29 is 13.9 Å². The molecule has 2 fully saturated rings. The normalized spacial score (nSPS) is 25.7. The number of methoxy groups -OCH3 is 1. The standard InChI is InChI=1S/C19H27FN2O2/c1-24-18-7-10-22(19(23)15-5-8-21-9-6-15)13-16(18)11-14-3-2-4-17(20)12-14/h2-4,12,15-16,18,21H,5-11,13H2,1H3/t16-,18+/m1/s1. The summed E-state index contributed by atoms with van der Waals surface area (Å²) in [5.41, 5.74) is 0.971. The van der Waals surface area contributed by atoms with Crippen LogP contribution in [0.15, 0.2) is 24.3 Å². The molecule has 4 nitrogen and oxygen atoms in total. The maximum Gasteiger partial charge on any atom is 0.225 e. The molecule has 1 N–H and O–H groups in total. The molecule has 0 aliphatic carbocycles. The summed E-state index contributed by atoms with van der Waals surface area (Å²) >= 11 is 0. The van der Waals surface area contributed by atoms with E-state index in [1.807, 2.05) is 11.0 Å². The summed E-state index contributed by atoms with van der Waals surface area (Å²) in [5, 5.41) is 3.31. The summed E-state index contributed by atoms with van der Waals surface area (Å²) < 4.78 is 19.1. The van der Waals surface area contributed by atoms with Gasteiger partial charge in [0.15, 0.2) is 0 Å². The maximum atomic E-state index is 13.4. The van der Waals surface area contributed by atoms with Crippen molar-refractivity contribution in [1.82, 2.24) is 10.2 Å². The number of likely N-dealkylation sites (tertiary alicyclic amines) is 1. The van der Waals surface area contributed by atoms with E-state index >= 15 is 0 Å². The summed E-state index contributed by atoms with van der Waals surface area (Å²) in [6, 6.07) is 6.74. The van der Waals surface area contributed by atoms with Crippen LogP contribution in [0.3, 0.4) is 0 Å². The number of hydrogen-bond acceptors (Lipinski definition) is 3. The molecule has 132 valence electrons. The van der Waals surface area contributed by atoms with E-state index < -0.39 is 0 Å². The lowest BCUT2D eigenvalue weighted by molar-refractivity contribution is -0.140. The fraction of sp³-hybridized carbons (Fsp3) is 0.632. The zero-order valence-electron chi connectivity index (χ0n) is 14.3. The molecule has 0 saturated carbocycles. The van der Waals surface area contributed by atoms with E-state index in [2.05, 4.69) is 5.32 Å². The molecule has 1 amide bonds. The number of hydrogen-bond donors (Lipinski definition) is 1. The van der Waals surface area contributed by atoms with Crippen LogP contribution in [0.25, 0.3) is 0 Å². The third kappa shape index (κ3) is 4.14. The highest BCUT2D eigenvalue weighted by molar-refractivity contribution is 5.79. The number of rotatable bonds is 4. The van der Waals surface area contributed by atoms with Crippen LogP contribution in [-0.4, -0.2) is 50.2 Å². The summed E-state index contributed by atoms with van der Waals surface area (Å²) in [4.78, 5) is 14.8. The fourth-order valence-electron chi connectivity index (χ4n) is 4.01. The van der Waals surface area contributed by atoms with Gasteiger partial charge in [0.1, 0.15) is 5.82 Å². The molecule has 0 radical (unpaired) electrons. The van der Waals surface area contributed by atoms with E-state index in [0.717, 1.165) is 50.9 Å². The van der Waals surface area contributed by atoms with Crippen molar-refractivity contribution in [3.05, 3.63) is 35.6 Å². The van der Waals surface area contributed by atoms with Crippen LogP contribution < -0.4 is 5.32 Å². The third-order valence-electron chi connectivity index (χ3n) is 5.35. The number of carbonyl (C=O) groups is 1. The first-order chi connectivity index (χ1) is 11.7. The Morgan fingerprint density at radius 3 is 2.83 bits per heavy atom. The van der Waals surface area contributed by atoms with Crippen LogP contribution in [0.4, 0.5) is 4.39 Å². The zero-order valence-corrected chi connectivity index (χ0v) is 14.3. The largest absolute Gasteiger partial charge is 0.381 e. The van der Waals surface area contributed by atoms with Crippen molar-refractivity contribution in [3.8, 4) is 0 Å². The molecular weight excluding hydrogens is 307 g/mol. The lowest BCUT2D eigenvalue weighted by Gasteiger charge is -2.40. The van der Waals surface area contributed by atoms with Crippen molar-refractivity contribution in [2.24, 2.45) is 11.8 Å². The van der Waals surface area contributed by atoms with Gasteiger partial charge in [0, 0.05) is 32.0 Å². The van der Waals surface area contributed by atoms with E-state index in [4.69, 9.17) is 4.74 Å². The molecule has 1 aromatic carbocycles. The highest BCUT2D eigenvalue weighted by atomic mass is 19.1. The summed E-state index contributed by atoms with van der Waals surface area (Å²) in [7, 11) is 1.73. The summed E-state index contributed by atoms with van der Waals surface area (Å²) in [6.07, 6.45) is 3.58. The van der Waals surface area contributed by atoms with E-state index in [0.29, 0.717) is 6.54 Å². The van der Waals surface area contributed by atoms with Gasteiger partial charge < -0.3 is 15.0 Å². The second-order valence-corrected chi connectivity index (χ2v) is 6.97. The van der Waals surface area contributed by atoms with Gasteiger partial charge in [-0.05, 0) is 56.5 Å². The number of ether oxygens (including phenoxy) is 1. The number of nitrogens with one attached hydrogen (secondary N) is 1. The summed E-state index contributed by atoms with van der Waals surface area (Å²) in [6.45, 7) is 3.33. The van der Waals surface area contributed by atoms with Gasteiger partial charge >= 0.3 is 0 Å². The van der Waals surface area contributed by atoms with Crippen molar-refractivity contribution in [3.63, 3.8) is 0 Å². The van der Waals surface area contributed by atoms with Gasteiger partial charge in [-0.25, -0.2) is 4.39 Å². The van der Waals surface area contributed by atoms with Crippen LogP contribution in [0.1, 0.15) is 24.8 Å². The minimum absolute atomic E-state index is 0.130. The molecule has 0 spiro atoms. The van der Waals surface area contributed by atoms with Crippen molar-refractivity contribution >= 4 is 5.91 Å². The van der Waals surface area contributed by atoms with Gasteiger partial charge in [0.2, 0.25) is 5.91 Å². The number of piperidine rings is 2. The van der Waals surface area contributed by atoms with E-state index in [1.165, 1.54) is 6.07 Å². The third-order valence-corrected chi connectivity index (χ3v) is 5.35. The van der Waals surface area contributed by atoms with Gasteiger partial charge in [0.05, 0.1) is 6.10 Å². The minimum Gasteiger partial charge on any atom is -0.381 e. The Kier molecular flexibility index (Phi) is 5.85. The summed E-state index contributed by atoms with van der Waals surface area (Å²) in [5.74, 6) is 0.451. The van der Waals surface area contributed by atoms with Crippen LogP contribution in [0.2, 0.25) is 0 Å². The molecule has 1 aromatic rings. The van der Waals surface area contributed by atoms with Gasteiger partial charge in [-0.1, -0.05) is 12.1 Å². The van der Waals surface area contributed by atoms with Crippen LogP contribution >= 0.6 is 0 Å². The van der Waals surface area contributed by atoms with Gasteiger partial charge in [-0.2, -0.15) is 0 Å². The van der Waals surface area contributed by atoms with Gasteiger partial charge in [0.25, 0.3) is 0 Å². The highest BCUT2D eigenvalue weighted by Crippen LogP contribution is 2.26. The molecule has 24 heavy (non-hydrogen) atoms. The smallest absolute Gasteiger partial charge is 0.225 e. The second-order valence-electron chi connectivity index (χ2n) is 6.97. The van der Waals surface area contributed by atoms with Gasteiger partial charge in [-0.15, -0.1) is 0 Å². The number of carbonyl (C=O) groups excluding carboxylic acids is 1. The van der Waals surface area contributed by atoms with Crippen molar-refractivity contribution in [1.29, 1.82) is 0 Å². The Labute approximate surface area is 143 Å². The molecule has 2 aliphatic heterocycles. The number of benzene rings is 1. The quantitative estimate of drug-likeness (QED) is 0.918. The highest BCUT2D eigenvalue weighted by Gasteiger charge is 2.34. The molecule has 2 saturated heterocycles. The number of amides is 1. The molecular formula is C19H27FN2O2. The predicted molar refractivity (Wildman–Crippen MR) is 91.2 cm³/mol. The lowest BCUT2D eigenvalue weighted by Crippen LogP contribution is -2.50. The van der Waals surface area contributed by atoms with E-state index in [-0.39, 0.29) is 29.7 Å². The maximum absolute atomic E-state index is 13.4. The number of nitrogens with zero attached hydrogens (tertiary/aromatic N) is 1. The van der Waals surface area contributed by atoms with Crippen LogP contribution in [-0.2, 0) is 16.0 Å². The topological polar surface area (TPSA) is 41.6 Å². The SMILES string of the molecule is CO[C@H]1CCN(C(=O)C2CCNCC2)C[C@H]1Cc1cccc(F)c1. The lowest BCUT2D eigenvalue weighted by atomic mass is 9.87. The van der Waals surface area contributed by atoms with Crippen LogP contribution in [0.5, 0.6) is 0 Å². The fourth-order valence-corrected chi connectivity index (χ4v) is 4.01. The first kappa shape index (κ1) is 17.4. The Morgan fingerprint density at radius 2 is 2.12 bits per heavy atom. The molecule has 0 aromatic heterocycles. The Hall–Kier alpha value is -1.46. The Bertz CT molecular complexity index is 560. The Balaban J connectivity index is 1.66. The zero-order chi connectivity index (χ0) is 16.9. The van der Waals surface area contributed by atoms with E-state index in [9.17, 15) is 9.18 Å². The van der Waals surface area contributed by atoms with E-state index in [1.54, 1.807) is 19.2 Å². The second kappa shape index (κ2) is 8.08. The average molecular weight is 334 g/mol. The average Bonchev–Trinajstić information content (AvgIpc) is 2.62. The monoisotopic (exact) mass is 334 g/mol. The number of halogens is 1.